The lowest BCUT2D eigenvalue weighted by Gasteiger charge is -2.12. The Hall–Kier alpha value is -2.40. The number of carbonyl (C=O) groups is 1. The van der Waals surface area contributed by atoms with Crippen LogP contribution in [-0.4, -0.2) is 15.5 Å². The third-order valence-electron chi connectivity index (χ3n) is 4.72. The summed E-state index contributed by atoms with van der Waals surface area (Å²) in [4.78, 5) is 18.0. The Bertz CT molecular complexity index is 921. The van der Waals surface area contributed by atoms with Crippen molar-refractivity contribution in [3.05, 3.63) is 69.9 Å². The minimum absolute atomic E-state index is 0.00421. The molecule has 26 heavy (non-hydrogen) atoms. The molecule has 1 saturated carbocycles. The fourth-order valence-electron chi connectivity index (χ4n) is 3.31. The third kappa shape index (κ3) is 3.58. The molecule has 4 nitrogen and oxygen atoms in total. The smallest absolute Gasteiger partial charge is 0.266 e. The highest BCUT2D eigenvalue weighted by atomic mass is 32.1. The van der Waals surface area contributed by atoms with Crippen molar-refractivity contribution in [3.63, 3.8) is 0 Å². The van der Waals surface area contributed by atoms with Gasteiger partial charge in [-0.2, -0.15) is 0 Å². The van der Waals surface area contributed by atoms with E-state index in [9.17, 15) is 4.79 Å². The molecule has 3 aromatic rings. The van der Waals surface area contributed by atoms with Crippen LogP contribution in [0.2, 0.25) is 0 Å². The lowest BCUT2D eigenvalue weighted by Crippen LogP contribution is -2.12. The standard InChI is InChI=1S/C21H23N3OS/c1-14(2)20-22-9-10-24(20)13-15-4-3-5-17(12-15)23-21(25)19-18(8-11-26-19)16-6-7-16/h3-5,8-12,14,16H,6-7,13H2,1-2H3,(H,23,25). The number of carbonyl (C=O) groups excluding carboxylic acids is 1. The Morgan fingerprint density at radius 2 is 2.19 bits per heavy atom. The Kier molecular flexibility index (Phi) is 4.64. The van der Waals surface area contributed by atoms with E-state index in [4.69, 9.17) is 0 Å². The number of amides is 1. The van der Waals surface area contributed by atoms with E-state index in [2.05, 4.69) is 40.8 Å². The molecule has 0 bridgehead atoms. The second-order valence-corrected chi connectivity index (χ2v) is 8.12. The van der Waals surface area contributed by atoms with Crippen LogP contribution in [0.25, 0.3) is 0 Å². The van der Waals surface area contributed by atoms with Gasteiger partial charge in [0.2, 0.25) is 0 Å². The number of hydrogen-bond acceptors (Lipinski definition) is 3. The van der Waals surface area contributed by atoms with Gasteiger partial charge in [-0.1, -0.05) is 26.0 Å². The largest absolute Gasteiger partial charge is 0.330 e. The molecule has 134 valence electrons. The maximum atomic E-state index is 12.7. The summed E-state index contributed by atoms with van der Waals surface area (Å²) in [5, 5.41) is 5.09. The van der Waals surface area contributed by atoms with Gasteiger partial charge in [-0.15, -0.1) is 11.3 Å². The zero-order chi connectivity index (χ0) is 18.1. The van der Waals surface area contributed by atoms with Gasteiger partial charge in [-0.3, -0.25) is 4.79 Å². The number of aromatic nitrogens is 2. The zero-order valence-electron chi connectivity index (χ0n) is 15.1. The minimum Gasteiger partial charge on any atom is -0.330 e. The van der Waals surface area contributed by atoms with Gasteiger partial charge in [-0.05, 0) is 53.5 Å². The Labute approximate surface area is 157 Å². The molecule has 2 aromatic heterocycles. The predicted molar refractivity (Wildman–Crippen MR) is 106 cm³/mol. The van der Waals surface area contributed by atoms with Gasteiger partial charge in [0, 0.05) is 30.5 Å². The van der Waals surface area contributed by atoms with E-state index in [1.807, 2.05) is 36.0 Å². The van der Waals surface area contributed by atoms with Gasteiger partial charge in [-0.25, -0.2) is 4.98 Å². The van der Waals surface area contributed by atoms with Crippen molar-refractivity contribution in [2.75, 3.05) is 5.32 Å². The maximum Gasteiger partial charge on any atom is 0.266 e. The lowest BCUT2D eigenvalue weighted by molar-refractivity contribution is 0.102. The Morgan fingerprint density at radius 3 is 2.96 bits per heavy atom. The molecule has 1 fully saturated rings. The van der Waals surface area contributed by atoms with Crippen LogP contribution in [0.15, 0.2) is 48.1 Å². The predicted octanol–water partition coefficient (Wildman–Crippen LogP) is 5.25. The average molecular weight is 366 g/mol. The lowest BCUT2D eigenvalue weighted by atomic mass is 10.1. The molecule has 0 spiro atoms. The minimum atomic E-state index is 0.00421. The number of thiophene rings is 1. The number of anilines is 1. The summed E-state index contributed by atoms with van der Waals surface area (Å²) in [5.41, 5.74) is 3.20. The van der Waals surface area contributed by atoms with Crippen molar-refractivity contribution in [2.24, 2.45) is 0 Å². The molecule has 5 heteroatoms. The van der Waals surface area contributed by atoms with Gasteiger partial charge >= 0.3 is 0 Å². The van der Waals surface area contributed by atoms with Gasteiger partial charge in [0.05, 0.1) is 4.88 Å². The second-order valence-electron chi connectivity index (χ2n) is 7.20. The summed E-state index contributed by atoms with van der Waals surface area (Å²) in [7, 11) is 0. The average Bonchev–Trinajstić information content (AvgIpc) is 3.15. The van der Waals surface area contributed by atoms with Crippen molar-refractivity contribution >= 4 is 22.9 Å². The van der Waals surface area contributed by atoms with E-state index in [1.54, 1.807) is 0 Å². The molecule has 1 aliphatic rings. The van der Waals surface area contributed by atoms with E-state index in [0.29, 0.717) is 11.8 Å². The van der Waals surface area contributed by atoms with Crippen LogP contribution in [0.1, 0.15) is 65.1 Å². The molecule has 0 unspecified atom stereocenters. The van der Waals surface area contributed by atoms with Crippen LogP contribution in [0.4, 0.5) is 5.69 Å². The molecule has 0 saturated heterocycles. The number of rotatable bonds is 6. The van der Waals surface area contributed by atoms with Crippen LogP contribution in [0, 0.1) is 0 Å². The first kappa shape index (κ1) is 17.0. The number of hydrogen-bond donors (Lipinski definition) is 1. The number of nitrogens with one attached hydrogen (secondary N) is 1. The normalized spacial score (nSPS) is 14.0. The molecular formula is C21H23N3OS. The second kappa shape index (κ2) is 7.08. The third-order valence-corrected chi connectivity index (χ3v) is 5.65. The molecule has 0 atom stereocenters. The molecule has 0 radical (unpaired) electrons. The van der Waals surface area contributed by atoms with Crippen LogP contribution in [0.5, 0.6) is 0 Å². The maximum absolute atomic E-state index is 12.7. The van der Waals surface area contributed by atoms with E-state index in [0.717, 1.165) is 28.5 Å². The quantitative estimate of drug-likeness (QED) is 0.649. The number of nitrogens with zero attached hydrogens (tertiary/aromatic N) is 2. The van der Waals surface area contributed by atoms with Crippen molar-refractivity contribution in [2.45, 2.75) is 45.1 Å². The van der Waals surface area contributed by atoms with Crippen LogP contribution in [0.3, 0.4) is 0 Å². The highest BCUT2D eigenvalue weighted by Gasteiger charge is 2.28. The van der Waals surface area contributed by atoms with Crippen LogP contribution in [-0.2, 0) is 6.54 Å². The van der Waals surface area contributed by atoms with E-state index < -0.39 is 0 Å². The van der Waals surface area contributed by atoms with Crippen molar-refractivity contribution < 1.29 is 4.79 Å². The first-order chi connectivity index (χ1) is 12.6. The molecule has 1 amide bonds. The van der Waals surface area contributed by atoms with E-state index >= 15 is 0 Å². The van der Waals surface area contributed by atoms with Gasteiger partial charge in [0.25, 0.3) is 5.91 Å². The van der Waals surface area contributed by atoms with Gasteiger partial charge < -0.3 is 9.88 Å². The number of benzene rings is 1. The van der Waals surface area contributed by atoms with Gasteiger partial charge in [0.15, 0.2) is 0 Å². The Balaban J connectivity index is 1.49. The summed E-state index contributed by atoms with van der Waals surface area (Å²) in [5.74, 6) is 2.05. The first-order valence-corrected chi connectivity index (χ1v) is 9.98. The fraction of sp³-hybridized carbons (Fsp3) is 0.333. The molecule has 2 heterocycles. The summed E-state index contributed by atoms with van der Waals surface area (Å²) in [6.07, 6.45) is 6.26. The topological polar surface area (TPSA) is 46.9 Å². The highest BCUT2D eigenvalue weighted by molar-refractivity contribution is 7.12. The molecule has 1 aromatic carbocycles. The number of imidazole rings is 1. The first-order valence-electron chi connectivity index (χ1n) is 9.10. The van der Waals surface area contributed by atoms with Crippen molar-refractivity contribution in [3.8, 4) is 0 Å². The van der Waals surface area contributed by atoms with Crippen LogP contribution < -0.4 is 5.32 Å². The molecule has 1 aliphatic carbocycles. The molecular weight excluding hydrogens is 342 g/mol. The summed E-state index contributed by atoms with van der Waals surface area (Å²) in [6, 6.07) is 10.2. The van der Waals surface area contributed by atoms with Gasteiger partial charge in [0.1, 0.15) is 5.82 Å². The monoisotopic (exact) mass is 365 g/mol. The van der Waals surface area contributed by atoms with E-state index in [1.165, 1.54) is 29.7 Å². The van der Waals surface area contributed by atoms with Crippen molar-refractivity contribution in [1.82, 2.24) is 9.55 Å². The SMILES string of the molecule is CC(C)c1nccn1Cc1cccc(NC(=O)c2sccc2C2CC2)c1. The molecule has 1 N–H and O–H groups in total. The van der Waals surface area contributed by atoms with E-state index in [-0.39, 0.29) is 5.91 Å². The summed E-state index contributed by atoms with van der Waals surface area (Å²) in [6.45, 7) is 5.05. The Morgan fingerprint density at radius 1 is 1.35 bits per heavy atom. The summed E-state index contributed by atoms with van der Waals surface area (Å²) >= 11 is 1.53. The summed E-state index contributed by atoms with van der Waals surface area (Å²) < 4.78 is 2.16. The van der Waals surface area contributed by atoms with Crippen molar-refractivity contribution in [1.29, 1.82) is 0 Å². The highest BCUT2D eigenvalue weighted by Crippen LogP contribution is 2.43. The van der Waals surface area contributed by atoms with Crippen LogP contribution >= 0.6 is 11.3 Å². The molecule has 4 rings (SSSR count). The fourth-order valence-corrected chi connectivity index (χ4v) is 4.19. The molecule has 0 aliphatic heterocycles. The zero-order valence-corrected chi connectivity index (χ0v) is 15.9.